The summed E-state index contributed by atoms with van der Waals surface area (Å²) in [5.74, 6) is 6.37. The first-order valence-electron chi connectivity index (χ1n) is 6.43. The van der Waals surface area contributed by atoms with Gasteiger partial charge in [-0.3, -0.25) is 14.9 Å². The molecule has 0 saturated heterocycles. The first kappa shape index (κ1) is 13.3. The molecule has 0 bridgehead atoms. The molecule has 0 N–H and O–H groups in total. The van der Waals surface area contributed by atoms with Gasteiger partial charge in [0, 0.05) is 36.5 Å². The molecular formula is C15H15NO3. The van der Waals surface area contributed by atoms with Crippen LogP contribution in [0, 0.1) is 27.9 Å². The summed E-state index contributed by atoms with van der Waals surface area (Å²) in [6, 6.07) is 6.15. The zero-order valence-corrected chi connectivity index (χ0v) is 10.6. The summed E-state index contributed by atoms with van der Waals surface area (Å²) in [6.45, 7) is 0. The van der Waals surface area contributed by atoms with Gasteiger partial charge in [-0.15, -0.1) is 0 Å². The van der Waals surface area contributed by atoms with E-state index in [0.717, 1.165) is 24.8 Å². The molecule has 0 heterocycles. The highest BCUT2D eigenvalue weighted by molar-refractivity contribution is 5.81. The summed E-state index contributed by atoms with van der Waals surface area (Å²) in [6.07, 6.45) is 4.33. The van der Waals surface area contributed by atoms with Gasteiger partial charge >= 0.3 is 0 Å². The first-order chi connectivity index (χ1) is 9.16. The van der Waals surface area contributed by atoms with Crippen molar-refractivity contribution in [3.05, 3.63) is 39.9 Å². The molecule has 1 aromatic rings. The van der Waals surface area contributed by atoms with Crippen LogP contribution in [0.2, 0.25) is 0 Å². The molecule has 2 rings (SSSR count). The second-order valence-corrected chi connectivity index (χ2v) is 4.72. The van der Waals surface area contributed by atoms with Gasteiger partial charge in [-0.25, -0.2) is 0 Å². The fourth-order valence-corrected chi connectivity index (χ4v) is 2.21. The van der Waals surface area contributed by atoms with Crippen LogP contribution in [0.1, 0.15) is 37.7 Å². The summed E-state index contributed by atoms with van der Waals surface area (Å²) >= 11 is 0. The van der Waals surface area contributed by atoms with E-state index < -0.39 is 4.92 Å². The lowest BCUT2D eigenvalue weighted by molar-refractivity contribution is -0.384. The Balaban J connectivity index is 1.96. The van der Waals surface area contributed by atoms with Gasteiger partial charge in [-0.05, 0) is 25.0 Å². The normalized spacial score (nSPS) is 18.5. The molecule has 0 amide bonds. The minimum Gasteiger partial charge on any atom is -0.299 e. The third-order valence-electron chi connectivity index (χ3n) is 3.34. The maximum absolute atomic E-state index is 11.6. The van der Waals surface area contributed by atoms with Crippen molar-refractivity contribution in [3.63, 3.8) is 0 Å². The van der Waals surface area contributed by atoms with Gasteiger partial charge < -0.3 is 0 Å². The lowest BCUT2D eigenvalue weighted by Gasteiger charge is -2.17. The van der Waals surface area contributed by atoms with Crippen LogP contribution in [0.5, 0.6) is 0 Å². The lowest BCUT2D eigenvalue weighted by atomic mass is 9.86. The van der Waals surface area contributed by atoms with Crippen molar-refractivity contribution < 1.29 is 9.72 Å². The molecule has 0 aliphatic heterocycles. The van der Waals surface area contributed by atoms with Gasteiger partial charge in [0.15, 0.2) is 0 Å². The summed E-state index contributed by atoms with van der Waals surface area (Å²) in [7, 11) is 0. The Morgan fingerprint density at radius 2 is 2.00 bits per heavy atom. The summed E-state index contributed by atoms with van der Waals surface area (Å²) < 4.78 is 0. The van der Waals surface area contributed by atoms with E-state index in [1.165, 1.54) is 12.1 Å². The van der Waals surface area contributed by atoms with Crippen molar-refractivity contribution in [1.82, 2.24) is 0 Å². The maximum atomic E-state index is 11.6. The zero-order valence-electron chi connectivity index (χ0n) is 10.6. The quantitative estimate of drug-likeness (QED) is 0.464. The molecular weight excluding hydrogens is 242 g/mol. The lowest BCUT2D eigenvalue weighted by Crippen LogP contribution is -2.18. The van der Waals surface area contributed by atoms with Crippen LogP contribution in [0.4, 0.5) is 5.69 Å². The Hall–Kier alpha value is -2.15. The maximum Gasteiger partial charge on any atom is 0.269 e. The number of hydrogen-bond donors (Lipinski definition) is 0. The number of Topliss-reactive ketones (excluding diaryl/α,β-unsaturated/α-hetero) is 1. The Morgan fingerprint density at radius 1 is 1.26 bits per heavy atom. The van der Waals surface area contributed by atoms with Crippen LogP contribution in [0.15, 0.2) is 24.3 Å². The number of rotatable bonds is 2. The SMILES string of the molecule is O=C1CCCCC1CC#Cc1ccc([N+](=O)[O-])cc1. The van der Waals surface area contributed by atoms with E-state index in [4.69, 9.17) is 0 Å². The number of carbonyl (C=O) groups is 1. The smallest absolute Gasteiger partial charge is 0.269 e. The predicted octanol–water partition coefficient (Wildman–Crippen LogP) is 3.10. The standard InChI is InChI=1S/C15H15NO3/c17-15-7-2-1-5-13(15)6-3-4-12-8-10-14(11-9-12)16(18)19/h8-11,13H,1-2,5-7H2. The van der Waals surface area contributed by atoms with E-state index in [0.29, 0.717) is 18.6 Å². The topological polar surface area (TPSA) is 60.2 Å². The van der Waals surface area contributed by atoms with Gasteiger partial charge in [0.2, 0.25) is 0 Å². The Morgan fingerprint density at radius 3 is 2.63 bits per heavy atom. The second kappa shape index (κ2) is 6.14. The number of nitro groups is 1. The summed E-state index contributed by atoms with van der Waals surface area (Å²) in [5, 5.41) is 10.5. The molecule has 98 valence electrons. The molecule has 1 atom stereocenters. The molecule has 1 fully saturated rings. The van der Waals surface area contributed by atoms with Crippen LogP contribution in [-0.2, 0) is 4.79 Å². The number of nitrogens with zero attached hydrogens (tertiary/aromatic N) is 1. The van der Waals surface area contributed by atoms with E-state index in [1.54, 1.807) is 12.1 Å². The van der Waals surface area contributed by atoms with Gasteiger partial charge in [0.05, 0.1) is 4.92 Å². The molecule has 0 radical (unpaired) electrons. The van der Waals surface area contributed by atoms with Crippen molar-refractivity contribution in [1.29, 1.82) is 0 Å². The number of hydrogen-bond acceptors (Lipinski definition) is 3. The number of nitro benzene ring substituents is 1. The van der Waals surface area contributed by atoms with Crippen LogP contribution in [0.25, 0.3) is 0 Å². The van der Waals surface area contributed by atoms with E-state index >= 15 is 0 Å². The Kier molecular flexibility index (Phi) is 4.30. The van der Waals surface area contributed by atoms with Crippen molar-refractivity contribution in [2.45, 2.75) is 32.1 Å². The van der Waals surface area contributed by atoms with Gasteiger partial charge in [0.25, 0.3) is 5.69 Å². The monoisotopic (exact) mass is 257 g/mol. The van der Waals surface area contributed by atoms with Gasteiger partial charge in [-0.1, -0.05) is 18.3 Å². The highest BCUT2D eigenvalue weighted by Crippen LogP contribution is 2.22. The molecule has 4 nitrogen and oxygen atoms in total. The number of ketones is 1. The number of non-ortho nitro benzene ring substituents is 1. The Bertz CT molecular complexity index is 537. The van der Waals surface area contributed by atoms with E-state index in [9.17, 15) is 14.9 Å². The first-order valence-corrected chi connectivity index (χ1v) is 6.43. The predicted molar refractivity (Wildman–Crippen MR) is 71.6 cm³/mol. The molecule has 1 unspecified atom stereocenters. The van der Waals surface area contributed by atoms with Gasteiger partial charge in [0.1, 0.15) is 5.78 Å². The van der Waals surface area contributed by atoms with Crippen LogP contribution >= 0.6 is 0 Å². The third-order valence-corrected chi connectivity index (χ3v) is 3.34. The largest absolute Gasteiger partial charge is 0.299 e. The Labute approximate surface area is 112 Å². The molecule has 4 heteroatoms. The van der Waals surface area contributed by atoms with Crippen molar-refractivity contribution in [2.75, 3.05) is 0 Å². The zero-order chi connectivity index (χ0) is 13.7. The molecule has 0 aromatic heterocycles. The molecule has 1 aromatic carbocycles. The summed E-state index contributed by atoms with van der Waals surface area (Å²) in [4.78, 5) is 21.7. The minimum absolute atomic E-state index is 0.0630. The van der Waals surface area contributed by atoms with Crippen molar-refractivity contribution in [2.24, 2.45) is 5.92 Å². The average molecular weight is 257 g/mol. The van der Waals surface area contributed by atoms with Crippen molar-refractivity contribution in [3.8, 4) is 11.8 Å². The van der Waals surface area contributed by atoms with E-state index in [-0.39, 0.29) is 11.6 Å². The molecule has 19 heavy (non-hydrogen) atoms. The highest BCUT2D eigenvalue weighted by atomic mass is 16.6. The summed E-state index contributed by atoms with van der Waals surface area (Å²) in [5.41, 5.74) is 0.807. The van der Waals surface area contributed by atoms with Crippen LogP contribution in [0.3, 0.4) is 0 Å². The fourth-order valence-electron chi connectivity index (χ4n) is 2.21. The second-order valence-electron chi connectivity index (χ2n) is 4.72. The number of benzene rings is 1. The highest BCUT2D eigenvalue weighted by Gasteiger charge is 2.20. The molecule has 1 aliphatic carbocycles. The van der Waals surface area contributed by atoms with E-state index in [1.807, 2.05) is 0 Å². The third kappa shape index (κ3) is 3.65. The molecule has 1 aliphatic rings. The minimum atomic E-state index is -0.433. The fraction of sp³-hybridized carbons (Fsp3) is 0.400. The van der Waals surface area contributed by atoms with Crippen LogP contribution in [-0.4, -0.2) is 10.7 Å². The van der Waals surface area contributed by atoms with Crippen molar-refractivity contribution >= 4 is 11.5 Å². The van der Waals surface area contributed by atoms with E-state index in [2.05, 4.69) is 11.8 Å². The molecule has 0 spiro atoms. The molecule has 1 saturated carbocycles. The number of carbonyl (C=O) groups excluding carboxylic acids is 1. The van der Waals surface area contributed by atoms with Crippen LogP contribution < -0.4 is 0 Å². The average Bonchev–Trinajstić information content (AvgIpc) is 2.41. The van der Waals surface area contributed by atoms with Gasteiger partial charge in [-0.2, -0.15) is 0 Å².